The number of rotatable bonds is 11. The lowest BCUT2D eigenvalue weighted by Crippen LogP contribution is -2.41. The Labute approximate surface area is 218 Å². The summed E-state index contributed by atoms with van der Waals surface area (Å²) in [6, 6.07) is 31.0. The minimum atomic E-state index is -3.66. The van der Waals surface area contributed by atoms with Crippen LogP contribution in [0.5, 0.6) is 5.75 Å². The van der Waals surface area contributed by atoms with Crippen molar-refractivity contribution in [2.45, 2.75) is 20.0 Å². The Kier molecular flexibility index (Phi) is 8.46. The fourth-order valence-corrected chi connectivity index (χ4v) is 5.10. The van der Waals surface area contributed by atoms with E-state index in [0.717, 1.165) is 22.5 Å². The number of benzene rings is 4. The summed E-state index contributed by atoms with van der Waals surface area (Å²) in [5.74, 6) is 0.454. The third-order valence-electron chi connectivity index (χ3n) is 6.16. The first kappa shape index (κ1) is 26.2. The van der Waals surface area contributed by atoms with Gasteiger partial charge in [0.2, 0.25) is 15.9 Å². The third-order valence-corrected chi connectivity index (χ3v) is 7.30. The molecule has 192 valence electrons. The number of amides is 1. The average molecular weight is 517 g/mol. The fourth-order valence-electron chi connectivity index (χ4n) is 4.24. The van der Waals surface area contributed by atoms with Gasteiger partial charge in [0.25, 0.3) is 0 Å². The molecule has 0 saturated heterocycles. The lowest BCUT2D eigenvalue weighted by Gasteiger charge is -2.23. The lowest BCUT2D eigenvalue weighted by molar-refractivity contribution is -0.119. The number of carbonyl (C=O) groups is 1. The Balaban J connectivity index is 1.34. The minimum absolute atomic E-state index is 0.183. The van der Waals surface area contributed by atoms with Gasteiger partial charge in [0.1, 0.15) is 18.9 Å². The van der Waals surface area contributed by atoms with Gasteiger partial charge in [-0.25, -0.2) is 8.42 Å². The molecule has 0 heterocycles. The van der Waals surface area contributed by atoms with Crippen molar-refractivity contribution >= 4 is 32.4 Å². The van der Waals surface area contributed by atoms with Crippen LogP contribution in [0.25, 0.3) is 10.8 Å². The smallest absolute Gasteiger partial charge is 0.240 e. The molecule has 7 heteroatoms. The molecule has 4 rings (SSSR count). The predicted molar refractivity (Wildman–Crippen MR) is 149 cm³/mol. The molecule has 0 aliphatic carbocycles. The standard InChI is InChI=1S/C30H32N2O4S/c1-23(19-26-13-8-12-25-11-6-7-14-29(25)26)20-31-30(33)21-32(37(2,34)35)27-15-17-28(18-16-27)36-22-24-9-4-3-5-10-24/h3-18,23H,19-22H2,1-2H3,(H,31,33). The molecule has 0 fully saturated rings. The first-order valence-electron chi connectivity index (χ1n) is 12.3. The maximum atomic E-state index is 12.7. The molecule has 0 aliphatic rings. The first-order valence-corrected chi connectivity index (χ1v) is 14.1. The topological polar surface area (TPSA) is 75.7 Å². The summed E-state index contributed by atoms with van der Waals surface area (Å²) in [6.45, 7) is 2.65. The van der Waals surface area contributed by atoms with Gasteiger partial charge in [-0.3, -0.25) is 9.10 Å². The summed E-state index contributed by atoms with van der Waals surface area (Å²) < 4.78 is 31.9. The number of hydrogen-bond acceptors (Lipinski definition) is 4. The van der Waals surface area contributed by atoms with Crippen LogP contribution in [-0.4, -0.2) is 33.7 Å². The largest absolute Gasteiger partial charge is 0.489 e. The van der Waals surface area contributed by atoms with Crippen LogP contribution in [0.1, 0.15) is 18.1 Å². The molecule has 1 N–H and O–H groups in total. The van der Waals surface area contributed by atoms with Crippen molar-refractivity contribution in [1.29, 1.82) is 0 Å². The van der Waals surface area contributed by atoms with Crippen molar-refractivity contribution in [3.8, 4) is 5.75 Å². The molecule has 0 spiro atoms. The number of nitrogens with one attached hydrogen (secondary N) is 1. The maximum Gasteiger partial charge on any atom is 0.240 e. The van der Waals surface area contributed by atoms with Crippen LogP contribution in [0.15, 0.2) is 97.1 Å². The number of sulfonamides is 1. The van der Waals surface area contributed by atoms with Gasteiger partial charge in [0.05, 0.1) is 11.9 Å². The van der Waals surface area contributed by atoms with Crippen LogP contribution in [0.2, 0.25) is 0 Å². The first-order chi connectivity index (χ1) is 17.8. The SMILES string of the molecule is CC(CNC(=O)CN(c1ccc(OCc2ccccc2)cc1)S(C)(=O)=O)Cc1cccc2ccccc12. The number of nitrogens with zero attached hydrogens (tertiary/aromatic N) is 1. The van der Waals surface area contributed by atoms with Crippen molar-refractivity contribution in [3.63, 3.8) is 0 Å². The summed E-state index contributed by atoms with van der Waals surface area (Å²) in [5.41, 5.74) is 2.68. The van der Waals surface area contributed by atoms with Crippen LogP contribution in [0.3, 0.4) is 0 Å². The van der Waals surface area contributed by atoms with E-state index < -0.39 is 10.0 Å². The van der Waals surface area contributed by atoms with Crippen LogP contribution in [0, 0.1) is 5.92 Å². The zero-order valence-electron chi connectivity index (χ0n) is 21.1. The highest BCUT2D eigenvalue weighted by atomic mass is 32.2. The monoisotopic (exact) mass is 516 g/mol. The van der Waals surface area contributed by atoms with Gasteiger partial charge < -0.3 is 10.1 Å². The molecular formula is C30H32N2O4S. The minimum Gasteiger partial charge on any atom is -0.489 e. The van der Waals surface area contributed by atoms with Gasteiger partial charge >= 0.3 is 0 Å². The molecule has 0 aliphatic heterocycles. The number of ether oxygens (including phenoxy) is 1. The lowest BCUT2D eigenvalue weighted by atomic mass is 9.96. The van der Waals surface area contributed by atoms with Crippen molar-refractivity contribution in [1.82, 2.24) is 5.32 Å². The average Bonchev–Trinajstić information content (AvgIpc) is 2.90. The molecule has 1 atom stereocenters. The second kappa shape index (κ2) is 11.9. The van der Waals surface area contributed by atoms with E-state index in [2.05, 4.69) is 36.5 Å². The van der Waals surface area contributed by atoms with Crippen molar-refractivity contribution in [2.24, 2.45) is 5.92 Å². The Morgan fingerprint density at radius 3 is 2.30 bits per heavy atom. The molecule has 0 aromatic heterocycles. The molecule has 6 nitrogen and oxygen atoms in total. The molecule has 4 aromatic carbocycles. The van der Waals surface area contributed by atoms with E-state index in [4.69, 9.17) is 4.74 Å². The Morgan fingerprint density at radius 1 is 0.892 bits per heavy atom. The molecule has 37 heavy (non-hydrogen) atoms. The predicted octanol–water partition coefficient (Wildman–Crippen LogP) is 5.18. The summed E-state index contributed by atoms with van der Waals surface area (Å²) in [7, 11) is -3.66. The zero-order chi connectivity index (χ0) is 26.3. The highest BCUT2D eigenvalue weighted by Gasteiger charge is 2.21. The molecule has 0 saturated carbocycles. The van der Waals surface area contributed by atoms with Crippen LogP contribution in [0.4, 0.5) is 5.69 Å². The van der Waals surface area contributed by atoms with E-state index in [-0.39, 0.29) is 18.4 Å². The van der Waals surface area contributed by atoms with Gasteiger partial charge in [0, 0.05) is 6.54 Å². The highest BCUT2D eigenvalue weighted by molar-refractivity contribution is 7.92. The number of hydrogen-bond donors (Lipinski definition) is 1. The van der Waals surface area contributed by atoms with Crippen LogP contribution >= 0.6 is 0 Å². The van der Waals surface area contributed by atoms with Crippen LogP contribution in [-0.2, 0) is 27.8 Å². The van der Waals surface area contributed by atoms with E-state index in [0.29, 0.717) is 24.6 Å². The molecular weight excluding hydrogens is 484 g/mol. The summed E-state index contributed by atoms with van der Waals surface area (Å²) in [4.78, 5) is 12.7. The number of carbonyl (C=O) groups excluding carboxylic acids is 1. The van der Waals surface area contributed by atoms with E-state index in [1.807, 2.05) is 48.5 Å². The van der Waals surface area contributed by atoms with E-state index in [1.165, 1.54) is 16.3 Å². The quantitative estimate of drug-likeness (QED) is 0.298. The zero-order valence-corrected chi connectivity index (χ0v) is 21.9. The van der Waals surface area contributed by atoms with Gasteiger partial charge in [-0.15, -0.1) is 0 Å². The van der Waals surface area contributed by atoms with Crippen molar-refractivity contribution < 1.29 is 17.9 Å². The van der Waals surface area contributed by atoms with E-state index in [1.54, 1.807) is 24.3 Å². The molecule has 0 radical (unpaired) electrons. The van der Waals surface area contributed by atoms with Gasteiger partial charge in [-0.05, 0) is 58.5 Å². The van der Waals surface area contributed by atoms with Crippen molar-refractivity contribution in [3.05, 3.63) is 108 Å². The normalized spacial score (nSPS) is 12.2. The number of anilines is 1. The summed E-state index contributed by atoms with van der Waals surface area (Å²) in [5, 5.41) is 5.31. The second-order valence-electron chi connectivity index (χ2n) is 9.29. The van der Waals surface area contributed by atoms with Crippen LogP contribution < -0.4 is 14.4 Å². The molecule has 1 amide bonds. The maximum absolute atomic E-state index is 12.7. The Bertz CT molecular complexity index is 1430. The van der Waals surface area contributed by atoms with Gasteiger partial charge in [-0.1, -0.05) is 79.7 Å². The van der Waals surface area contributed by atoms with E-state index in [9.17, 15) is 13.2 Å². The van der Waals surface area contributed by atoms with E-state index >= 15 is 0 Å². The summed E-state index contributed by atoms with van der Waals surface area (Å²) in [6.07, 6.45) is 1.91. The molecule has 4 aromatic rings. The summed E-state index contributed by atoms with van der Waals surface area (Å²) >= 11 is 0. The fraction of sp³-hybridized carbons (Fsp3) is 0.233. The number of fused-ring (bicyclic) bond motifs is 1. The van der Waals surface area contributed by atoms with Gasteiger partial charge in [0.15, 0.2) is 0 Å². The highest BCUT2D eigenvalue weighted by Crippen LogP contribution is 2.23. The third kappa shape index (κ3) is 7.33. The Morgan fingerprint density at radius 2 is 1.57 bits per heavy atom. The second-order valence-corrected chi connectivity index (χ2v) is 11.2. The molecule has 0 bridgehead atoms. The van der Waals surface area contributed by atoms with Gasteiger partial charge in [-0.2, -0.15) is 0 Å². The Hall–Kier alpha value is -3.84. The van der Waals surface area contributed by atoms with Crippen molar-refractivity contribution in [2.75, 3.05) is 23.7 Å². The molecule has 1 unspecified atom stereocenters.